The fourth-order valence-electron chi connectivity index (χ4n) is 5.20. The molecule has 4 aromatic carbocycles. The molecule has 0 spiro atoms. The van der Waals surface area contributed by atoms with Crippen LogP contribution in [-0.2, 0) is 14.3 Å². The van der Waals surface area contributed by atoms with Gasteiger partial charge in [0.1, 0.15) is 0 Å². The molecule has 3 heteroatoms. The molecule has 0 aliphatic carbocycles. The second-order valence-corrected chi connectivity index (χ2v) is 12.6. The van der Waals surface area contributed by atoms with E-state index in [0.717, 1.165) is 76.8 Å². The summed E-state index contributed by atoms with van der Waals surface area (Å²) in [5, 5.41) is 0. The third kappa shape index (κ3) is 11.8. The Morgan fingerprint density at radius 2 is 0.979 bits per heavy atom. The second kappa shape index (κ2) is 18.3. The van der Waals surface area contributed by atoms with Gasteiger partial charge in [-0.2, -0.15) is 0 Å². The van der Waals surface area contributed by atoms with Crippen molar-refractivity contribution in [3.05, 3.63) is 143 Å². The van der Waals surface area contributed by atoms with Crippen LogP contribution in [-0.4, -0.2) is 26.3 Å². The van der Waals surface area contributed by atoms with Gasteiger partial charge in [0.15, 0.2) is 0 Å². The minimum Gasteiger partial charge on any atom is -0.456 e. The second-order valence-electron chi connectivity index (χ2n) is 12.6. The normalized spacial score (nSPS) is 11.4. The Labute approximate surface area is 282 Å². The van der Waals surface area contributed by atoms with Crippen LogP contribution in [0.2, 0.25) is 0 Å². The first-order chi connectivity index (χ1) is 22.8. The van der Waals surface area contributed by atoms with Crippen molar-refractivity contribution in [1.82, 2.24) is 0 Å². The van der Waals surface area contributed by atoms with Crippen LogP contribution in [0.1, 0.15) is 92.7 Å². The van der Waals surface area contributed by atoms with Gasteiger partial charge in [0.25, 0.3) is 0 Å². The summed E-state index contributed by atoms with van der Waals surface area (Å²) in [7, 11) is 1.74. The molecule has 0 heterocycles. The lowest BCUT2D eigenvalue weighted by molar-refractivity contribution is -0.136. The summed E-state index contributed by atoms with van der Waals surface area (Å²) in [5.74, 6) is 11.8. The first kappa shape index (κ1) is 35.0. The fraction of sp³-hybridized carbons (Fsp3) is 0.295. The molecule has 4 rings (SSSR count). The topological polar surface area (TPSA) is 35.5 Å². The maximum absolute atomic E-state index is 12.3. The van der Waals surface area contributed by atoms with Gasteiger partial charge in [0, 0.05) is 36.2 Å². The minimum absolute atomic E-state index is 0.0604. The van der Waals surface area contributed by atoms with Crippen LogP contribution in [0.15, 0.2) is 109 Å². The number of hydrogen-bond acceptors (Lipinski definition) is 3. The number of carbonyl (C=O) groups is 1. The molecule has 0 fully saturated rings. The van der Waals surface area contributed by atoms with Crippen molar-refractivity contribution < 1.29 is 14.3 Å². The van der Waals surface area contributed by atoms with E-state index < -0.39 is 5.97 Å². The Balaban J connectivity index is 1.57. The zero-order chi connectivity index (χ0) is 33.3. The Morgan fingerprint density at radius 3 is 1.45 bits per heavy atom. The number of rotatable bonds is 13. The van der Waals surface area contributed by atoms with Crippen molar-refractivity contribution in [2.24, 2.45) is 5.41 Å². The molecule has 47 heavy (non-hydrogen) atoms. The smallest absolute Gasteiger partial charge is 0.384 e. The van der Waals surface area contributed by atoms with E-state index in [1.807, 2.05) is 24.3 Å². The van der Waals surface area contributed by atoms with Crippen LogP contribution in [0.5, 0.6) is 0 Å². The number of esters is 1. The molecule has 240 valence electrons. The number of unbranched alkanes of at least 4 members (excludes halogenated alkanes) is 5. The van der Waals surface area contributed by atoms with Crippen LogP contribution >= 0.6 is 0 Å². The van der Waals surface area contributed by atoms with E-state index in [-0.39, 0.29) is 5.41 Å². The number of carbonyl (C=O) groups excluding carboxylic acids is 1. The fourth-order valence-corrected chi connectivity index (χ4v) is 5.20. The molecule has 0 atom stereocenters. The minimum atomic E-state index is -0.485. The van der Waals surface area contributed by atoms with E-state index in [0.29, 0.717) is 6.61 Å². The maximum atomic E-state index is 12.3. The van der Waals surface area contributed by atoms with Crippen molar-refractivity contribution >= 4 is 17.1 Å². The summed E-state index contributed by atoms with van der Waals surface area (Å²) in [6, 6.07) is 37.6. The molecule has 0 aliphatic heterocycles. The first-order valence-electron chi connectivity index (χ1n) is 16.6. The zero-order valence-electron chi connectivity index (χ0n) is 28.3. The molecule has 0 unspecified atom stereocenters. The predicted octanol–water partition coefficient (Wildman–Crippen LogP) is 9.97. The quantitative estimate of drug-likeness (QED) is 0.0644. The molecule has 0 bridgehead atoms. The number of ether oxygens (including phenoxy) is 2. The highest BCUT2D eigenvalue weighted by atomic mass is 16.5. The summed E-state index contributed by atoms with van der Waals surface area (Å²) >= 11 is 0. The van der Waals surface area contributed by atoms with Crippen LogP contribution in [0, 0.1) is 29.1 Å². The standard InChI is InChI=1S/C44H46O3/c1-44(2,3)32-31-36-23-28-40(29-24-36)43(38-19-13-10-14-20-38)42(37-17-11-9-12-18-37)39-26-21-35(22-27-39)25-30-41(45)47-34-16-8-6-5-7-15-33-46-4/h9-14,17-24,26-29H,5-8,15-16,33-34H2,1-4H3/b43-42+. The first-order valence-corrected chi connectivity index (χ1v) is 16.6. The highest BCUT2D eigenvalue weighted by Crippen LogP contribution is 2.37. The highest BCUT2D eigenvalue weighted by Gasteiger charge is 2.16. The third-order valence-corrected chi connectivity index (χ3v) is 7.59. The largest absolute Gasteiger partial charge is 0.456 e. The molecular formula is C44H46O3. The van der Waals surface area contributed by atoms with Gasteiger partial charge in [-0.25, -0.2) is 4.79 Å². The lowest BCUT2D eigenvalue weighted by Gasteiger charge is -2.18. The van der Waals surface area contributed by atoms with Gasteiger partial charge in [0.2, 0.25) is 0 Å². The summed E-state index contributed by atoms with van der Waals surface area (Å²) in [6.45, 7) is 7.59. The highest BCUT2D eigenvalue weighted by molar-refractivity contribution is 6.04. The number of benzene rings is 4. The average Bonchev–Trinajstić information content (AvgIpc) is 3.09. The molecule has 0 amide bonds. The Bertz CT molecular complexity index is 1700. The Kier molecular flexibility index (Phi) is 13.7. The van der Waals surface area contributed by atoms with Crippen molar-refractivity contribution in [3.63, 3.8) is 0 Å². The molecule has 0 radical (unpaired) electrons. The van der Waals surface area contributed by atoms with Gasteiger partial charge >= 0.3 is 5.97 Å². The van der Waals surface area contributed by atoms with E-state index in [4.69, 9.17) is 9.47 Å². The van der Waals surface area contributed by atoms with Crippen molar-refractivity contribution in [1.29, 1.82) is 0 Å². The summed E-state index contributed by atoms with van der Waals surface area (Å²) in [4.78, 5) is 12.3. The van der Waals surface area contributed by atoms with Gasteiger partial charge in [-0.3, -0.25) is 0 Å². The Morgan fingerprint density at radius 1 is 0.553 bits per heavy atom. The predicted molar refractivity (Wildman–Crippen MR) is 195 cm³/mol. The zero-order valence-corrected chi connectivity index (χ0v) is 28.3. The van der Waals surface area contributed by atoms with Crippen LogP contribution in [0.3, 0.4) is 0 Å². The van der Waals surface area contributed by atoms with Gasteiger partial charge in [-0.05, 0) is 91.3 Å². The Hall–Kier alpha value is -4.83. The van der Waals surface area contributed by atoms with Crippen LogP contribution in [0.25, 0.3) is 11.1 Å². The third-order valence-electron chi connectivity index (χ3n) is 7.59. The lowest BCUT2D eigenvalue weighted by atomic mass is 9.85. The maximum Gasteiger partial charge on any atom is 0.384 e. The molecule has 0 aliphatic rings. The van der Waals surface area contributed by atoms with E-state index in [2.05, 4.69) is 129 Å². The monoisotopic (exact) mass is 622 g/mol. The van der Waals surface area contributed by atoms with Gasteiger partial charge in [-0.1, -0.05) is 128 Å². The molecule has 0 saturated heterocycles. The SMILES string of the molecule is COCCCCCCCCOC(=O)C#Cc1ccc(/C(=C(\c2ccccc2)c2ccc(C#CC(C)(C)C)cc2)c2ccccc2)cc1. The molecule has 0 saturated carbocycles. The summed E-state index contributed by atoms with van der Waals surface area (Å²) in [5.41, 5.74) is 8.33. The van der Waals surface area contributed by atoms with Crippen LogP contribution < -0.4 is 0 Å². The van der Waals surface area contributed by atoms with E-state index in [1.54, 1.807) is 7.11 Å². The molecule has 4 aromatic rings. The van der Waals surface area contributed by atoms with E-state index in [9.17, 15) is 4.79 Å². The van der Waals surface area contributed by atoms with E-state index in [1.165, 1.54) is 12.8 Å². The molecule has 3 nitrogen and oxygen atoms in total. The number of methoxy groups -OCH3 is 1. The van der Waals surface area contributed by atoms with Gasteiger partial charge in [-0.15, -0.1) is 0 Å². The molecule has 0 aromatic heterocycles. The summed E-state index contributed by atoms with van der Waals surface area (Å²) in [6.07, 6.45) is 6.50. The van der Waals surface area contributed by atoms with Crippen LogP contribution in [0.4, 0.5) is 0 Å². The van der Waals surface area contributed by atoms with E-state index >= 15 is 0 Å². The van der Waals surface area contributed by atoms with Crippen molar-refractivity contribution in [3.8, 4) is 23.7 Å². The molecular weight excluding hydrogens is 576 g/mol. The van der Waals surface area contributed by atoms with Crippen molar-refractivity contribution in [2.75, 3.05) is 20.3 Å². The van der Waals surface area contributed by atoms with Gasteiger partial charge in [0.05, 0.1) is 6.61 Å². The molecule has 0 N–H and O–H groups in total. The average molecular weight is 623 g/mol. The lowest BCUT2D eigenvalue weighted by Crippen LogP contribution is -2.03. The van der Waals surface area contributed by atoms with Crippen molar-refractivity contribution in [2.45, 2.75) is 59.3 Å². The summed E-state index contributed by atoms with van der Waals surface area (Å²) < 4.78 is 10.4. The van der Waals surface area contributed by atoms with Gasteiger partial charge < -0.3 is 9.47 Å². The number of hydrogen-bond donors (Lipinski definition) is 0.